The van der Waals surface area contributed by atoms with Crippen molar-refractivity contribution >= 4 is 84.8 Å². The van der Waals surface area contributed by atoms with Crippen molar-refractivity contribution in [3.63, 3.8) is 0 Å². The maximum Gasteiger partial charge on any atom is 0.165 e. The number of fused-ring (bicyclic) bond motifs is 9. The van der Waals surface area contributed by atoms with Crippen LogP contribution in [0.4, 0.5) is 0 Å². The van der Waals surface area contributed by atoms with Crippen LogP contribution in [0.2, 0.25) is 0 Å². The van der Waals surface area contributed by atoms with Gasteiger partial charge in [0.2, 0.25) is 0 Å². The fourth-order valence-electron chi connectivity index (χ4n) is 8.45. The van der Waals surface area contributed by atoms with Crippen LogP contribution in [0.1, 0.15) is 0 Å². The van der Waals surface area contributed by atoms with Gasteiger partial charge in [0.15, 0.2) is 17.5 Å². The average Bonchev–Trinajstić information content (AvgIpc) is 3.96. The first-order chi connectivity index (χ1) is 28.2. The Morgan fingerprint density at radius 1 is 0.351 bits per heavy atom. The third-order valence-electron chi connectivity index (χ3n) is 11.1. The van der Waals surface area contributed by atoms with Crippen molar-refractivity contribution in [2.45, 2.75) is 0 Å². The fraction of sp³-hybridized carbons (Fsp3) is 0. The first-order valence-corrected chi connectivity index (χ1v) is 20.7. The molecule has 0 aliphatic heterocycles. The maximum absolute atomic E-state index is 5.23. The molecule has 0 aliphatic carbocycles. The zero-order valence-electron chi connectivity index (χ0n) is 30.4. The van der Waals surface area contributed by atoms with Gasteiger partial charge in [0.05, 0.1) is 11.0 Å². The topological polar surface area (TPSA) is 43.6 Å². The number of hydrogen-bond acceptors (Lipinski definition) is 5. The highest BCUT2D eigenvalue weighted by molar-refractivity contribution is 7.26. The second-order valence-electron chi connectivity index (χ2n) is 14.4. The SMILES string of the molecule is c1ccc(-c2nc(-c3ccc4sc5ccc(-c6cccc7c8ccccc8n(-c8ccccc8)c67)cc5c4c3)nc(-c3cccc4c3sc3ccccc34)n2)cc1. The minimum Gasteiger partial charge on any atom is -0.309 e. The third kappa shape index (κ3) is 5.15. The van der Waals surface area contributed by atoms with Gasteiger partial charge in [-0.2, -0.15) is 0 Å². The maximum atomic E-state index is 5.23. The molecule has 6 heteroatoms. The van der Waals surface area contributed by atoms with Crippen molar-refractivity contribution in [2.75, 3.05) is 0 Å². The molecule has 12 rings (SSSR count). The molecule has 0 radical (unpaired) electrons. The summed E-state index contributed by atoms with van der Waals surface area (Å²) in [6.45, 7) is 0. The van der Waals surface area contributed by atoms with E-state index in [1.807, 2.05) is 29.5 Å². The molecule has 266 valence electrons. The summed E-state index contributed by atoms with van der Waals surface area (Å²) in [6, 6.07) is 65.0. The van der Waals surface area contributed by atoms with Crippen LogP contribution in [-0.4, -0.2) is 19.5 Å². The molecule has 4 nitrogen and oxygen atoms in total. The third-order valence-corrected chi connectivity index (χ3v) is 13.4. The summed E-state index contributed by atoms with van der Waals surface area (Å²) >= 11 is 3.61. The van der Waals surface area contributed by atoms with Gasteiger partial charge >= 0.3 is 0 Å². The van der Waals surface area contributed by atoms with Crippen LogP contribution >= 0.6 is 22.7 Å². The van der Waals surface area contributed by atoms with Crippen LogP contribution in [0.25, 0.3) is 113 Å². The van der Waals surface area contributed by atoms with Gasteiger partial charge in [0.1, 0.15) is 0 Å². The van der Waals surface area contributed by atoms with Gasteiger partial charge in [0, 0.05) is 79.1 Å². The lowest BCUT2D eigenvalue weighted by atomic mass is 9.99. The van der Waals surface area contributed by atoms with E-state index < -0.39 is 0 Å². The van der Waals surface area contributed by atoms with Gasteiger partial charge < -0.3 is 4.57 Å². The Kier molecular flexibility index (Phi) is 7.24. The number of hydrogen-bond donors (Lipinski definition) is 0. The van der Waals surface area contributed by atoms with E-state index in [1.54, 1.807) is 11.3 Å². The second kappa shape index (κ2) is 12.8. The zero-order valence-corrected chi connectivity index (χ0v) is 32.1. The first kappa shape index (κ1) is 32.3. The summed E-state index contributed by atoms with van der Waals surface area (Å²) in [5.41, 5.74) is 8.89. The Bertz CT molecular complexity index is 3530. The predicted octanol–water partition coefficient (Wildman–Crippen LogP) is 14.4. The molecule has 0 aliphatic rings. The highest BCUT2D eigenvalue weighted by Gasteiger charge is 2.19. The zero-order chi connectivity index (χ0) is 37.5. The summed E-state index contributed by atoms with van der Waals surface area (Å²) in [4.78, 5) is 15.5. The molecular formula is C51H30N4S2. The summed E-state index contributed by atoms with van der Waals surface area (Å²) in [6.07, 6.45) is 0. The van der Waals surface area contributed by atoms with Crippen molar-refractivity contribution in [2.24, 2.45) is 0 Å². The Morgan fingerprint density at radius 2 is 0.930 bits per heavy atom. The number of para-hydroxylation sites is 3. The lowest BCUT2D eigenvalue weighted by molar-refractivity contribution is 1.08. The summed E-state index contributed by atoms with van der Waals surface area (Å²) in [5, 5.41) is 7.39. The smallest absolute Gasteiger partial charge is 0.165 e. The molecule has 0 spiro atoms. The minimum atomic E-state index is 0.659. The molecule has 0 fully saturated rings. The summed E-state index contributed by atoms with van der Waals surface area (Å²) in [5.74, 6) is 2.00. The van der Waals surface area contributed by atoms with Crippen LogP contribution < -0.4 is 0 Å². The van der Waals surface area contributed by atoms with Crippen LogP contribution in [-0.2, 0) is 0 Å². The van der Waals surface area contributed by atoms with Crippen LogP contribution in [0.3, 0.4) is 0 Å². The van der Waals surface area contributed by atoms with Crippen molar-refractivity contribution in [3.05, 3.63) is 182 Å². The Morgan fingerprint density at radius 3 is 1.74 bits per heavy atom. The highest BCUT2D eigenvalue weighted by Crippen LogP contribution is 2.43. The van der Waals surface area contributed by atoms with Gasteiger partial charge in [0.25, 0.3) is 0 Å². The van der Waals surface area contributed by atoms with E-state index in [9.17, 15) is 0 Å². The molecule has 12 aromatic rings. The normalized spacial score (nSPS) is 11.9. The molecule has 0 saturated heterocycles. The molecule has 4 heterocycles. The molecule has 0 amide bonds. The molecule has 8 aromatic carbocycles. The molecule has 0 unspecified atom stereocenters. The lowest BCUT2D eigenvalue weighted by Gasteiger charge is -2.12. The molecule has 0 bridgehead atoms. The lowest BCUT2D eigenvalue weighted by Crippen LogP contribution is -2.00. The fourth-order valence-corrected chi connectivity index (χ4v) is 10.7. The van der Waals surface area contributed by atoms with Crippen LogP contribution in [0.5, 0.6) is 0 Å². The second-order valence-corrected chi connectivity index (χ2v) is 16.5. The average molecular weight is 763 g/mol. The molecule has 4 aromatic heterocycles. The quantitative estimate of drug-likeness (QED) is 0.175. The molecule has 0 N–H and O–H groups in total. The summed E-state index contributed by atoms with van der Waals surface area (Å²) in [7, 11) is 0. The number of nitrogens with zero attached hydrogens (tertiary/aromatic N) is 4. The van der Waals surface area contributed by atoms with E-state index in [2.05, 4.69) is 168 Å². The molecule has 0 atom stereocenters. The number of rotatable bonds is 5. The minimum absolute atomic E-state index is 0.659. The number of benzene rings is 8. The van der Waals surface area contributed by atoms with Gasteiger partial charge in [-0.15, -0.1) is 22.7 Å². The van der Waals surface area contributed by atoms with Crippen molar-refractivity contribution in [3.8, 4) is 51.0 Å². The van der Waals surface area contributed by atoms with Gasteiger partial charge in [-0.3, -0.25) is 0 Å². The first-order valence-electron chi connectivity index (χ1n) is 19.0. The van der Waals surface area contributed by atoms with E-state index in [4.69, 9.17) is 15.0 Å². The predicted molar refractivity (Wildman–Crippen MR) is 242 cm³/mol. The Labute approximate surface area is 335 Å². The number of aromatic nitrogens is 4. The Hall–Kier alpha value is -6.99. The monoisotopic (exact) mass is 762 g/mol. The molecule has 57 heavy (non-hydrogen) atoms. The van der Waals surface area contributed by atoms with Crippen LogP contribution in [0.15, 0.2) is 182 Å². The summed E-state index contributed by atoms with van der Waals surface area (Å²) < 4.78 is 7.33. The van der Waals surface area contributed by atoms with Gasteiger partial charge in [-0.25, -0.2) is 15.0 Å². The molecular weight excluding hydrogens is 733 g/mol. The van der Waals surface area contributed by atoms with Gasteiger partial charge in [-0.1, -0.05) is 121 Å². The van der Waals surface area contributed by atoms with E-state index in [-0.39, 0.29) is 0 Å². The Balaban J connectivity index is 1.05. The van der Waals surface area contributed by atoms with Crippen molar-refractivity contribution < 1.29 is 0 Å². The van der Waals surface area contributed by atoms with Gasteiger partial charge in [-0.05, 0) is 66.2 Å². The molecule has 0 saturated carbocycles. The van der Waals surface area contributed by atoms with E-state index in [1.165, 1.54) is 73.3 Å². The largest absolute Gasteiger partial charge is 0.309 e. The highest BCUT2D eigenvalue weighted by atomic mass is 32.1. The van der Waals surface area contributed by atoms with Crippen molar-refractivity contribution in [1.29, 1.82) is 0 Å². The van der Waals surface area contributed by atoms with Crippen LogP contribution in [0, 0.1) is 0 Å². The van der Waals surface area contributed by atoms with E-state index >= 15 is 0 Å². The van der Waals surface area contributed by atoms with E-state index in [0.29, 0.717) is 17.5 Å². The van der Waals surface area contributed by atoms with E-state index in [0.717, 1.165) is 22.4 Å². The standard InChI is InChI=1S/C51H30N4S2/c1-3-13-31(14-4-1)49-52-50(54-51(53-49)40-22-12-21-39-37-18-8-10-24-44(37)57-48(39)40)33-26-28-46-42(30-33)41-29-32(25-27-45(41)56-46)35-19-11-20-38-36-17-7-9-23-43(36)55(47(35)38)34-15-5-2-6-16-34/h1-30H. The number of thiophene rings is 2. The van der Waals surface area contributed by atoms with Crippen molar-refractivity contribution in [1.82, 2.24) is 19.5 Å².